The molecule has 0 fully saturated rings. The maximum Gasteiger partial charge on any atom is 0.254 e. The number of carbonyl (C=O) groups is 1. The molecule has 8 heteroatoms. The van der Waals surface area contributed by atoms with Gasteiger partial charge in [0.15, 0.2) is 5.16 Å². The Morgan fingerprint density at radius 3 is 3.00 bits per heavy atom. The van der Waals surface area contributed by atoms with Gasteiger partial charge < -0.3 is 14.5 Å². The molecule has 0 radical (unpaired) electrons. The monoisotopic (exact) mass is 415 g/mol. The van der Waals surface area contributed by atoms with Crippen molar-refractivity contribution in [1.82, 2.24) is 15.3 Å². The highest BCUT2D eigenvalue weighted by Crippen LogP contribution is 2.39. The van der Waals surface area contributed by atoms with Crippen molar-refractivity contribution in [3.63, 3.8) is 0 Å². The molecule has 0 spiro atoms. The number of halogens is 1. The fourth-order valence-electron chi connectivity index (χ4n) is 3.17. The van der Waals surface area contributed by atoms with E-state index in [1.807, 2.05) is 24.5 Å². The highest BCUT2D eigenvalue weighted by atomic mass is 35.5. The van der Waals surface area contributed by atoms with Crippen molar-refractivity contribution in [1.29, 1.82) is 0 Å². The summed E-state index contributed by atoms with van der Waals surface area (Å²) in [6.07, 6.45) is 5.66. The summed E-state index contributed by atoms with van der Waals surface area (Å²) in [7, 11) is 0. The molecule has 1 aromatic carbocycles. The number of hydrogen-bond donors (Lipinski definition) is 1. The highest BCUT2D eigenvalue weighted by Gasteiger charge is 2.27. The number of thioether (sulfide) groups is 1. The average Bonchev–Trinajstić information content (AvgIpc) is 3.32. The molecule has 1 amide bonds. The highest BCUT2D eigenvalue weighted by molar-refractivity contribution is 7.98. The van der Waals surface area contributed by atoms with Crippen molar-refractivity contribution in [3.8, 4) is 17.0 Å². The van der Waals surface area contributed by atoms with E-state index in [-0.39, 0.29) is 12.0 Å². The molecule has 0 aliphatic carbocycles. The zero-order chi connectivity index (χ0) is 19.7. The number of hydrogen-bond acceptors (Lipinski definition) is 6. The lowest BCUT2D eigenvalue weighted by Gasteiger charge is -2.12. The number of rotatable bonds is 5. The number of carbonyl (C=O) groups excluding carboxylic acids is 1. The van der Waals surface area contributed by atoms with E-state index in [0.717, 1.165) is 16.8 Å². The van der Waals surface area contributed by atoms with Gasteiger partial charge in [-0.2, -0.15) is 0 Å². The molecule has 1 N–H and O–H groups in total. The number of nitrogens with zero attached hydrogens (tertiary/aromatic N) is 2. The molecule has 144 valence electrons. The molecular formula is C20H18ClN3O3S. The zero-order valence-corrected chi connectivity index (χ0v) is 16.9. The van der Waals surface area contributed by atoms with Crippen LogP contribution in [0.15, 0.2) is 46.3 Å². The fraction of sp³-hybridized carbons (Fsp3) is 0.250. The van der Waals surface area contributed by atoms with Gasteiger partial charge in [-0.1, -0.05) is 23.4 Å². The predicted octanol–water partition coefficient (Wildman–Crippen LogP) is 4.15. The van der Waals surface area contributed by atoms with Gasteiger partial charge in [0.25, 0.3) is 5.91 Å². The Kier molecular flexibility index (Phi) is 5.28. The van der Waals surface area contributed by atoms with E-state index in [2.05, 4.69) is 15.3 Å². The first-order valence-electron chi connectivity index (χ1n) is 8.74. The van der Waals surface area contributed by atoms with E-state index in [0.29, 0.717) is 40.2 Å². The zero-order valence-electron chi connectivity index (χ0n) is 15.4. The quantitative estimate of drug-likeness (QED) is 0.498. The van der Waals surface area contributed by atoms with Crippen LogP contribution in [0.3, 0.4) is 0 Å². The minimum absolute atomic E-state index is 0.175. The second-order valence-electron chi connectivity index (χ2n) is 6.42. The first-order chi connectivity index (χ1) is 13.5. The normalized spacial score (nSPS) is 15.2. The first kappa shape index (κ1) is 18.8. The van der Waals surface area contributed by atoms with Crippen LogP contribution in [0, 0.1) is 6.92 Å². The van der Waals surface area contributed by atoms with Crippen molar-refractivity contribution < 1.29 is 13.9 Å². The number of aryl methyl sites for hydroxylation is 1. The third kappa shape index (κ3) is 3.72. The lowest BCUT2D eigenvalue weighted by molar-refractivity contribution is 0.0932. The summed E-state index contributed by atoms with van der Waals surface area (Å²) in [5, 5.41) is 4.14. The molecule has 3 heterocycles. The summed E-state index contributed by atoms with van der Waals surface area (Å²) in [5.74, 6) is 1.08. The molecule has 1 atom stereocenters. The number of amides is 1. The third-order valence-electron chi connectivity index (χ3n) is 4.56. The largest absolute Gasteiger partial charge is 0.486 e. The predicted molar refractivity (Wildman–Crippen MR) is 108 cm³/mol. The summed E-state index contributed by atoms with van der Waals surface area (Å²) in [5.41, 5.74) is 3.27. The Bertz CT molecular complexity index is 1040. The number of furan rings is 1. The van der Waals surface area contributed by atoms with Crippen molar-refractivity contribution in [2.24, 2.45) is 0 Å². The van der Waals surface area contributed by atoms with Gasteiger partial charge in [0.2, 0.25) is 0 Å². The standard InChI is InChI=1S/C20H18ClN3O3S/c1-11-15(4-6-26-11)19(25)23-10-14-8-13-7-12(9-16(21)18(13)27-14)17-3-5-22-20(24-17)28-2/h3-7,9,14H,8,10H2,1-2H3,(H,23,25)/t14-/m1/s1. The Balaban J connectivity index is 1.48. The summed E-state index contributed by atoms with van der Waals surface area (Å²) in [6.45, 7) is 2.14. The van der Waals surface area contributed by atoms with Crippen molar-refractivity contribution in [2.45, 2.75) is 24.6 Å². The topological polar surface area (TPSA) is 77.2 Å². The molecule has 3 aromatic rings. The summed E-state index contributed by atoms with van der Waals surface area (Å²) in [6, 6.07) is 7.40. The fourth-order valence-corrected chi connectivity index (χ4v) is 3.81. The molecular weight excluding hydrogens is 398 g/mol. The molecule has 0 saturated heterocycles. The van der Waals surface area contributed by atoms with Crippen LogP contribution in [0.1, 0.15) is 21.7 Å². The van der Waals surface area contributed by atoms with Crippen LogP contribution in [-0.4, -0.2) is 34.8 Å². The summed E-state index contributed by atoms with van der Waals surface area (Å²) >= 11 is 7.94. The van der Waals surface area contributed by atoms with Crippen LogP contribution in [0.5, 0.6) is 5.75 Å². The van der Waals surface area contributed by atoms with Crippen LogP contribution < -0.4 is 10.1 Å². The minimum atomic E-state index is -0.178. The lowest BCUT2D eigenvalue weighted by atomic mass is 10.0. The Morgan fingerprint density at radius 2 is 2.25 bits per heavy atom. The van der Waals surface area contributed by atoms with E-state index in [1.54, 1.807) is 19.2 Å². The smallest absolute Gasteiger partial charge is 0.254 e. The van der Waals surface area contributed by atoms with Gasteiger partial charge in [-0.15, -0.1) is 0 Å². The van der Waals surface area contributed by atoms with Gasteiger partial charge >= 0.3 is 0 Å². The second-order valence-corrected chi connectivity index (χ2v) is 7.60. The van der Waals surface area contributed by atoms with E-state index in [9.17, 15) is 4.79 Å². The number of benzene rings is 1. The van der Waals surface area contributed by atoms with Crippen LogP contribution in [0.25, 0.3) is 11.3 Å². The van der Waals surface area contributed by atoms with Crippen LogP contribution >= 0.6 is 23.4 Å². The molecule has 0 saturated carbocycles. The summed E-state index contributed by atoms with van der Waals surface area (Å²) < 4.78 is 11.1. The van der Waals surface area contributed by atoms with E-state index >= 15 is 0 Å². The molecule has 6 nitrogen and oxygen atoms in total. The summed E-state index contributed by atoms with van der Waals surface area (Å²) in [4.78, 5) is 21.0. The molecule has 4 rings (SSSR count). The number of aromatic nitrogens is 2. The molecule has 0 unspecified atom stereocenters. The van der Waals surface area contributed by atoms with Crippen LogP contribution in [0.4, 0.5) is 0 Å². The number of fused-ring (bicyclic) bond motifs is 1. The second kappa shape index (κ2) is 7.85. The lowest BCUT2D eigenvalue weighted by Crippen LogP contribution is -2.34. The van der Waals surface area contributed by atoms with E-state index < -0.39 is 0 Å². The molecule has 1 aliphatic rings. The first-order valence-corrected chi connectivity index (χ1v) is 10.3. The maximum atomic E-state index is 12.3. The third-order valence-corrected chi connectivity index (χ3v) is 5.40. The van der Waals surface area contributed by atoms with Gasteiger partial charge in [0.05, 0.1) is 29.1 Å². The van der Waals surface area contributed by atoms with Gasteiger partial charge in [0, 0.05) is 23.7 Å². The van der Waals surface area contributed by atoms with Crippen LogP contribution in [0.2, 0.25) is 5.02 Å². The Morgan fingerprint density at radius 1 is 1.39 bits per heavy atom. The maximum absolute atomic E-state index is 12.3. The Hall–Kier alpha value is -2.51. The van der Waals surface area contributed by atoms with Gasteiger partial charge in [0.1, 0.15) is 17.6 Å². The van der Waals surface area contributed by atoms with E-state index in [1.165, 1.54) is 18.0 Å². The molecule has 28 heavy (non-hydrogen) atoms. The van der Waals surface area contributed by atoms with Gasteiger partial charge in [-0.05, 0) is 37.4 Å². The van der Waals surface area contributed by atoms with Gasteiger partial charge in [-0.3, -0.25) is 4.79 Å². The van der Waals surface area contributed by atoms with Crippen molar-refractivity contribution in [3.05, 3.63) is 58.6 Å². The number of nitrogens with one attached hydrogen (secondary N) is 1. The van der Waals surface area contributed by atoms with Crippen LogP contribution in [-0.2, 0) is 6.42 Å². The van der Waals surface area contributed by atoms with Crippen molar-refractivity contribution in [2.75, 3.05) is 12.8 Å². The van der Waals surface area contributed by atoms with Gasteiger partial charge in [-0.25, -0.2) is 9.97 Å². The Labute approximate surface area is 171 Å². The SMILES string of the molecule is CSc1nccc(-c2cc(Cl)c3c(c2)C[C@H](CNC(=O)c2ccoc2C)O3)n1. The average molecular weight is 416 g/mol. The molecule has 0 bridgehead atoms. The van der Waals surface area contributed by atoms with Crippen molar-refractivity contribution >= 4 is 29.3 Å². The molecule has 2 aromatic heterocycles. The van der Waals surface area contributed by atoms with E-state index in [4.69, 9.17) is 20.8 Å². The minimum Gasteiger partial charge on any atom is -0.486 e. The number of ether oxygens (including phenoxy) is 1. The molecule has 1 aliphatic heterocycles.